The van der Waals surface area contributed by atoms with Crippen LogP contribution in [0.4, 0.5) is 0 Å². The van der Waals surface area contributed by atoms with Crippen LogP contribution in [0.5, 0.6) is 0 Å². The van der Waals surface area contributed by atoms with Crippen molar-refractivity contribution in [3.8, 4) is 10.6 Å². The van der Waals surface area contributed by atoms with Gasteiger partial charge in [-0.05, 0) is 18.6 Å². The van der Waals surface area contributed by atoms with Crippen molar-refractivity contribution in [3.05, 3.63) is 59.0 Å². The number of furan rings is 1. The van der Waals surface area contributed by atoms with E-state index in [0.717, 1.165) is 26.9 Å². The molecule has 1 aromatic carbocycles. The van der Waals surface area contributed by atoms with Gasteiger partial charge in [-0.1, -0.05) is 41.7 Å². The molecule has 0 bridgehead atoms. The first kappa shape index (κ1) is 12.4. The lowest BCUT2D eigenvalue weighted by molar-refractivity contribution is 0.535. The molecule has 0 saturated carbocycles. The Morgan fingerprint density at radius 1 is 1.16 bits per heavy atom. The van der Waals surface area contributed by atoms with Gasteiger partial charge in [-0.3, -0.25) is 0 Å². The molecule has 3 rings (SSSR count). The van der Waals surface area contributed by atoms with Crippen LogP contribution in [0, 0.1) is 6.92 Å². The molecule has 2 aromatic heterocycles. The predicted molar refractivity (Wildman–Crippen MR) is 76.5 cm³/mol. The number of rotatable bonds is 3. The molecule has 0 amide bonds. The summed E-state index contributed by atoms with van der Waals surface area (Å²) in [6.45, 7) is 1.91. The summed E-state index contributed by atoms with van der Waals surface area (Å²) in [5, 5.41) is 9.74. The minimum Gasteiger partial charge on any atom is -0.469 e. The number of aromatic nitrogens is 2. The number of halogens is 1. The van der Waals surface area contributed by atoms with E-state index in [9.17, 15) is 0 Å². The summed E-state index contributed by atoms with van der Waals surface area (Å²) in [6, 6.07) is 11.8. The summed E-state index contributed by atoms with van der Waals surface area (Å²) in [5.74, 6) is 0.841. The molecule has 0 aliphatic rings. The van der Waals surface area contributed by atoms with Crippen molar-refractivity contribution in [1.82, 2.24) is 10.2 Å². The quantitative estimate of drug-likeness (QED) is 0.670. The zero-order valence-corrected chi connectivity index (χ0v) is 11.8. The van der Waals surface area contributed by atoms with E-state index < -0.39 is 0 Å². The molecule has 0 spiro atoms. The van der Waals surface area contributed by atoms with E-state index in [4.69, 9.17) is 16.0 Å². The summed E-state index contributed by atoms with van der Waals surface area (Å²) >= 11 is 7.92. The molecule has 1 unspecified atom stereocenters. The molecular weight excluding hydrogens is 280 g/mol. The summed E-state index contributed by atoms with van der Waals surface area (Å²) in [7, 11) is 0. The minimum absolute atomic E-state index is 0.264. The van der Waals surface area contributed by atoms with Gasteiger partial charge in [-0.25, -0.2) is 0 Å². The average Bonchev–Trinajstić information content (AvgIpc) is 3.07. The van der Waals surface area contributed by atoms with Gasteiger partial charge in [0.2, 0.25) is 0 Å². The smallest absolute Gasteiger partial charge is 0.151 e. The largest absolute Gasteiger partial charge is 0.469 e. The lowest BCUT2D eigenvalue weighted by atomic mass is 10.1. The maximum atomic E-state index is 6.43. The van der Waals surface area contributed by atoms with Crippen LogP contribution in [0.25, 0.3) is 10.6 Å². The second-order valence-electron chi connectivity index (χ2n) is 4.11. The van der Waals surface area contributed by atoms with Crippen LogP contribution in [0.15, 0.2) is 47.1 Å². The number of hydrogen-bond acceptors (Lipinski definition) is 4. The van der Waals surface area contributed by atoms with Gasteiger partial charge < -0.3 is 4.42 Å². The number of benzene rings is 1. The van der Waals surface area contributed by atoms with Gasteiger partial charge in [0, 0.05) is 0 Å². The number of nitrogens with zero attached hydrogens (tertiary/aromatic N) is 2. The van der Waals surface area contributed by atoms with Crippen molar-refractivity contribution in [2.45, 2.75) is 12.3 Å². The summed E-state index contributed by atoms with van der Waals surface area (Å²) < 4.78 is 5.28. The third-order valence-corrected chi connectivity index (χ3v) is 4.45. The Labute approximate surface area is 119 Å². The maximum absolute atomic E-state index is 6.43. The molecule has 0 aliphatic carbocycles. The highest BCUT2D eigenvalue weighted by molar-refractivity contribution is 7.15. The van der Waals surface area contributed by atoms with Crippen LogP contribution in [0.1, 0.15) is 21.7 Å². The molecule has 19 heavy (non-hydrogen) atoms. The molecule has 0 aliphatic heterocycles. The summed E-state index contributed by atoms with van der Waals surface area (Å²) in [5.41, 5.74) is 2.00. The fourth-order valence-electron chi connectivity index (χ4n) is 1.82. The van der Waals surface area contributed by atoms with Crippen LogP contribution < -0.4 is 0 Å². The predicted octanol–water partition coefficient (Wildman–Crippen LogP) is 4.43. The highest BCUT2D eigenvalue weighted by Gasteiger charge is 2.18. The van der Waals surface area contributed by atoms with Gasteiger partial charge in [-0.15, -0.1) is 21.8 Å². The molecule has 5 heteroatoms. The standard InChI is InChI=1S/C14H11ClN2OS/c1-9-11(7-8-18-9)13-16-17-14(19-13)12(15)10-5-3-2-4-6-10/h2-8,12H,1H3. The highest BCUT2D eigenvalue weighted by atomic mass is 35.5. The van der Waals surface area contributed by atoms with E-state index in [1.54, 1.807) is 6.26 Å². The van der Waals surface area contributed by atoms with Crippen LogP contribution in [0.2, 0.25) is 0 Å². The summed E-state index contributed by atoms with van der Waals surface area (Å²) in [4.78, 5) is 0. The molecule has 0 radical (unpaired) electrons. The molecular formula is C14H11ClN2OS. The second-order valence-corrected chi connectivity index (χ2v) is 5.55. The molecule has 96 valence electrons. The normalized spacial score (nSPS) is 12.5. The van der Waals surface area contributed by atoms with Crippen molar-refractivity contribution in [2.24, 2.45) is 0 Å². The van der Waals surface area contributed by atoms with Gasteiger partial charge in [0.05, 0.1) is 11.8 Å². The first-order chi connectivity index (χ1) is 9.25. The fourth-order valence-corrected chi connectivity index (χ4v) is 3.06. The van der Waals surface area contributed by atoms with Crippen molar-refractivity contribution in [2.75, 3.05) is 0 Å². The first-order valence-electron chi connectivity index (χ1n) is 5.82. The Bertz CT molecular complexity index is 678. The Hall–Kier alpha value is -1.65. The van der Waals surface area contributed by atoms with Gasteiger partial charge in [0.15, 0.2) is 5.01 Å². The van der Waals surface area contributed by atoms with Gasteiger partial charge >= 0.3 is 0 Å². The van der Waals surface area contributed by atoms with E-state index in [2.05, 4.69) is 10.2 Å². The fraction of sp³-hybridized carbons (Fsp3) is 0.143. The monoisotopic (exact) mass is 290 g/mol. The minimum atomic E-state index is -0.264. The van der Waals surface area contributed by atoms with Crippen molar-refractivity contribution in [1.29, 1.82) is 0 Å². The van der Waals surface area contributed by atoms with Gasteiger partial charge in [-0.2, -0.15) is 0 Å². The maximum Gasteiger partial charge on any atom is 0.151 e. The molecule has 2 heterocycles. The van der Waals surface area contributed by atoms with E-state index in [1.165, 1.54) is 11.3 Å². The van der Waals surface area contributed by atoms with Gasteiger partial charge in [0.1, 0.15) is 16.1 Å². The SMILES string of the molecule is Cc1occc1-c1nnc(C(Cl)c2ccccc2)s1. The number of hydrogen-bond donors (Lipinski definition) is 0. The zero-order valence-electron chi connectivity index (χ0n) is 10.2. The van der Waals surface area contributed by atoms with Crippen LogP contribution >= 0.6 is 22.9 Å². The van der Waals surface area contributed by atoms with Crippen LogP contribution in [-0.2, 0) is 0 Å². The third kappa shape index (κ3) is 2.41. The average molecular weight is 291 g/mol. The molecule has 0 N–H and O–H groups in total. The van der Waals surface area contributed by atoms with E-state index in [-0.39, 0.29) is 5.38 Å². The number of aryl methyl sites for hydroxylation is 1. The molecule has 0 fully saturated rings. The van der Waals surface area contributed by atoms with E-state index >= 15 is 0 Å². The first-order valence-corrected chi connectivity index (χ1v) is 7.08. The van der Waals surface area contributed by atoms with E-state index in [1.807, 2.05) is 43.3 Å². The lowest BCUT2D eigenvalue weighted by Gasteiger charge is -2.04. The third-order valence-electron chi connectivity index (χ3n) is 2.84. The topological polar surface area (TPSA) is 38.9 Å². The lowest BCUT2D eigenvalue weighted by Crippen LogP contribution is -1.91. The molecule has 1 atom stereocenters. The Kier molecular flexibility index (Phi) is 3.36. The summed E-state index contributed by atoms with van der Waals surface area (Å²) in [6.07, 6.45) is 1.65. The molecule has 3 aromatic rings. The molecule has 3 nitrogen and oxygen atoms in total. The van der Waals surface area contributed by atoms with Crippen molar-refractivity contribution >= 4 is 22.9 Å². The van der Waals surface area contributed by atoms with Crippen molar-refractivity contribution in [3.63, 3.8) is 0 Å². The Morgan fingerprint density at radius 3 is 2.63 bits per heavy atom. The Balaban J connectivity index is 1.92. The molecule has 0 saturated heterocycles. The van der Waals surface area contributed by atoms with Crippen molar-refractivity contribution < 1.29 is 4.42 Å². The van der Waals surface area contributed by atoms with E-state index in [0.29, 0.717) is 0 Å². The second kappa shape index (κ2) is 5.15. The Morgan fingerprint density at radius 2 is 1.95 bits per heavy atom. The highest BCUT2D eigenvalue weighted by Crippen LogP contribution is 2.35. The number of alkyl halides is 1. The van der Waals surface area contributed by atoms with Gasteiger partial charge in [0.25, 0.3) is 0 Å². The zero-order chi connectivity index (χ0) is 13.2. The van der Waals surface area contributed by atoms with Crippen LogP contribution in [0.3, 0.4) is 0 Å². The van der Waals surface area contributed by atoms with Crippen LogP contribution in [-0.4, -0.2) is 10.2 Å².